The molecule has 10 heteroatoms. The summed E-state index contributed by atoms with van der Waals surface area (Å²) in [5.74, 6) is 1.33. The van der Waals surface area contributed by atoms with Gasteiger partial charge < -0.3 is 14.0 Å². The standard InChI is InChI=1S/C24H28N4O5S/c1-5-6-12-32-20-10-9-17(13-21(20)31-4)22(29)26-27-23(30)18-8-7-11-25-24(18)34-14-19-15(2)28-33-16(19)3/h7-11,13H,5-6,12,14H2,1-4H3,(H,26,29)(H,27,30). The van der Waals surface area contributed by atoms with E-state index in [9.17, 15) is 9.59 Å². The van der Waals surface area contributed by atoms with Crippen molar-refractivity contribution in [2.24, 2.45) is 0 Å². The number of hydrogen-bond acceptors (Lipinski definition) is 8. The molecule has 0 saturated heterocycles. The van der Waals surface area contributed by atoms with Gasteiger partial charge >= 0.3 is 0 Å². The van der Waals surface area contributed by atoms with Gasteiger partial charge in [-0.1, -0.05) is 18.5 Å². The first kappa shape index (κ1) is 25.1. The Morgan fingerprint density at radius 2 is 1.91 bits per heavy atom. The second kappa shape index (κ2) is 12.1. The van der Waals surface area contributed by atoms with Crippen LogP contribution in [0.1, 0.15) is 57.5 Å². The van der Waals surface area contributed by atoms with Crippen LogP contribution in [0.4, 0.5) is 0 Å². The van der Waals surface area contributed by atoms with Gasteiger partial charge in [-0.2, -0.15) is 0 Å². The van der Waals surface area contributed by atoms with E-state index in [1.807, 2.05) is 13.8 Å². The monoisotopic (exact) mass is 484 g/mol. The molecule has 0 aliphatic rings. The van der Waals surface area contributed by atoms with Crippen molar-refractivity contribution in [3.8, 4) is 11.5 Å². The van der Waals surface area contributed by atoms with Crippen molar-refractivity contribution >= 4 is 23.6 Å². The molecule has 2 heterocycles. The first-order valence-corrected chi connectivity index (χ1v) is 11.8. The van der Waals surface area contributed by atoms with E-state index in [-0.39, 0.29) is 0 Å². The van der Waals surface area contributed by atoms with Gasteiger partial charge in [-0.15, -0.1) is 11.8 Å². The molecule has 0 aliphatic carbocycles. The third-order valence-corrected chi connectivity index (χ3v) is 6.05. The Hall–Kier alpha value is -3.53. The van der Waals surface area contributed by atoms with Crippen molar-refractivity contribution in [1.29, 1.82) is 0 Å². The highest BCUT2D eigenvalue weighted by Crippen LogP contribution is 2.29. The Morgan fingerprint density at radius 3 is 2.62 bits per heavy atom. The fourth-order valence-electron chi connectivity index (χ4n) is 3.03. The number of hydrogen-bond donors (Lipinski definition) is 2. The number of aryl methyl sites for hydroxylation is 2. The predicted octanol–water partition coefficient (Wildman–Crippen LogP) is 4.24. The average molecular weight is 485 g/mol. The fraction of sp³-hybridized carbons (Fsp3) is 0.333. The number of rotatable bonds is 10. The van der Waals surface area contributed by atoms with Gasteiger partial charge in [-0.25, -0.2) is 4.98 Å². The predicted molar refractivity (Wildman–Crippen MR) is 128 cm³/mol. The molecule has 0 spiro atoms. The van der Waals surface area contributed by atoms with Gasteiger partial charge in [0.1, 0.15) is 10.8 Å². The van der Waals surface area contributed by atoms with E-state index < -0.39 is 11.8 Å². The molecule has 0 radical (unpaired) electrons. The first-order chi connectivity index (χ1) is 16.4. The lowest BCUT2D eigenvalue weighted by molar-refractivity contribution is 0.0844. The quantitative estimate of drug-likeness (QED) is 0.249. The summed E-state index contributed by atoms with van der Waals surface area (Å²) in [7, 11) is 1.51. The zero-order valence-corrected chi connectivity index (χ0v) is 20.5. The summed E-state index contributed by atoms with van der Waals surface area (Å²) in [5, 5.41) is 4.48. The molecule has 0 fully saturated rings. The molecule has 1 aromatic carbocycles. The zero-order chi connectivity index (χ0) is 24.5. The van der Waals surface area contributed by atoms with Crippen LogP contribution in [0.25, 0.3) is 0 Å². The van der Waals surface area contributed by atoms with Crippen molar-refractivity contribution < 1.29 is 23.6 Å². The Labute approximate surface area is 202 Å². The third-order valence-electron chi connectivity index (χ3n) is 5.02. The molecule has 0 aliphatic heterocycles. The van der Waals surface area contributed by atoms with E-state index in [4.69, 9.17) is 14.0 Å². The molecule has 0 saturated carbocycles. The largest absolute Gasteiger partial charge is 0.493 e. The van der Waals surface area contributed by atoms with Crippen molar-refractivity contribution in [1.82, 2.24) is 21.0 Å². The van der Waals surface area contributed by atoms with Crippen LogP contribution in [0.3, 0.4) is 0 Å². The number of nitrogens with zero attached hydrogens (tertiary/aromatic N) is 2. The summed E-state index contributed by atoms with van der Waals surface area (Å²) in [6.07, 6.45) is 3.55. The third kappa shape index (κ3) is 6.28. The van der Waals surface area contributed by atoms with Crippen molar-refractivity contribution in [3.05, 3.63) is 64.7 Å². The zero-order valence-electron chi connectivity index (χ0n) is 19.6. The van der Waals surface area contributed by atoms with Crippen molar-refractivity contribution in [3.63, 3.8) is 0 Å². The van der Waals surface area contributed by atoms with E-state index >= 15 is 0 Å². The second-order valence-electron chi connectivity index (χ2n) is 7.42. The SMILES string of the molecule is CCCCOc1ccc(C(=O)NNC(=O)c2cccnc2SCc2c(C)noc2C)cc1OC. The van der Waals surface area contributed by atoms with Crippen LogP contribution in [-0.4, -0.2) is 35.7 Å². The molecule has 0 bridgehead atoms. The number of aromatic nitrogens is 2. The topological polar surface area (TPSA) is 116 Å². The summed E-state index contributed by atoms with van der Waals surface area (Å²) >= 11 is 1.39. The minimum atomic E-state index is -0.486. The second-order valence-corrected chi connectivity index (χ2v) is 8.39. The Morgan fingerprint density at radius 1 is 1.12 bits per heavy atom. The number of pyridine rings is 1. The molecule has 3 aromatic rings. The van der Waals surface area contributed by atoms with Gasteiger partial charge in [0, 0.05) is 23.1 Å². The molecule has 2 amide bonds. The fourth-order valence-corrected chi connectivity index (χ4v) is 4.18. The number of amides is 2. The highest BCUT2D eigenvalue weighted by atomic mass is 32.2. The number of unbranched alkanes of at least 4 members (excludes halogenated alkanes) is 1. The minimum absolute atomic E-state index is 0.319. The van der Waals surface area contributed by atoms with Crippen LogP contribution in [0, 0.1) is 13.8 Å². The van der Waals surface area contributed by atoms with Crippen molar-refractivity contribution in [2.75, 3.05) is 13.7 Å². The van der Waals surface area contributed by atoms with E-state index in [0.29, 0.717) is 40.0 Å². The van der Waals surface area contributed by atoms with Crippen LogP contribution in [0.5, 0.6) is 11.5 Å². The number of benzene rings is 1. The van der Waals surface area contributed by atoms with Gasteiger partial charge in [0.15, 0.2) is 11.5 Å². The van der Waals surface area contributed by atoms with Crippen LogP contribution < -0.4 is 20.3 Å². The molecule has 2 aromatic heterocycles. The highest BCUT2D eigenvalue weighted by Gasteiger charge is 2.17. The summed E-state index contributed by atoms with van der Waals surface area (Å²) < 4.78 is 16.2. The summed E-state index contributed by atoms with van der Waals surface area (Å²) in [6.45, 7) is 6.35. The van der Waals surface area contributed by atoms with Crippen molar-refractivity contribution in [2.45, 2.75) is 44.4 Å². The van der Waals surface area contributed by atoms with Gasteiger partial charge in [0.25, 0.3) is 11.8 Å². The maximum atomic E-state index is 12.8. The number of hydrazine groups is 1. The summed E-state index contributed by atoms with van der Waals surface area (Å²) in [6, 6.07) is 8.17. The van der Waals surface area contributed by atoms with E-state index in [2.05, 4.69) is 27.9 Å². The first-order valence-electron chi connectivity index (χ1n) is 10.9. The highest BCUT2D eigenvalue weighted by molar-refractivity contribution is 7.98. The van der Waals surface area contributed by atoms with E-state index in [0.717, 1.165) is 29.9 Å². The molecule has 2 N–H and O–H groups in total. The lowest BCUT2D eigenvalue weighted by Gasteiger charge is -2.13. The molecule has 3 rings (SSSR count). The lowest BCUT2D eigenvalue weighted by Crippen LogP contribution is -2.41. The Bertz CT molecular complexity index is 1130. The number of carbonyl (C=O) groups is 2. The van der Waals surface area contributed by atoms with Crippen LogP contribution in [-0.2, 0) is 5.75 Å². The normalized spacial score (nSPS) is 10.6. The number of methoxy groups -OCH3 is 1. The molecule has 9 nitrogen and oxygen atoms in total. The smallest absolute Gasteiger partial charge is 0.272 e. The summed E-state index contributed by atoms with van der Waals surface area (Å²) in [4.78, 5) is 29.7. The molecule has 0 unspecified atom stereocenters. The van der Waals surface area contributed by atoms with E-state index in [1.54, 1.807) is 36.5 Å². The maximum absolute atomic E-state index is 12.8. The lowest BCUT2D eigenvalue weighted by atomic mass is 10.2. The van der Waals surface area contributed by atoms with E-state index in [1.165, 1.54) is 18.9 Å². The molecule has 0 atom stereocenters. The maximum Gasteiger partial charge on any atom is 0.272 e. The molecule has 34 heavy (non-hydrogen) atoms. The number of thioether (sulfide) groups is 1. The number of ether oxygens (including phenoxy) is 2. The molecular formula is C24H28N4O5S. The van der Waals surface area contributed by atoms with Crippen LogP contribution in [0.15, 0.2) is 46.1 Å². The molecule has 180 valence electrons. The number of carbonyl (C=O) groups excluding carboxylic acids is 2. The van der Waals surface area contributed by atoms with Gasteiger partial charge in [0.2, 0.25) is 0 Å². The van der Waals surface area contributed by atoms with Gasteiger partial charge in [0.05, 0.1) is 25.0 Å². The number of nitrogens with one attached hydrogen (secondary N) is 2. The molecular weight excluding hydrogens is 456 g/mol. The van der Waals surface area contributed by atoms with Crippen LogP contribution in [0.2, 0.25) is 0 Å². The van der Waals surface area contributed by atoms with Crippen LogP contribution >= 0.6 is 11.8 Å². The minimum Gasteiger partial charge on any atom is -0.493 e. The van der Waals surface area contributed by atoms with Gasteiger partial charge in [-0.05, 0) is 50.6 Å². The van der Waals surface area contributed by atoms with Gasteiger partial charge in [-0.3, -0.25) is 20.4 Å². The Balaban J connectivity index is 1.63. The Kier molecular flexibility index (Phi) is 8.92. The average Bonchev–Trinajstić information content (AvgIpc) is 3.18. The summed E-state index contributed by atoms with van der Waals surface area (Å²) in [5.41, 5.74) is 7.32.